The number of anilines is 2. The molecule has 178 valence electrons. The highest BCUT2D eigenvalue weighted by Crippen LogP contribution is 2.43. The summed E-state index contributed by atoms with van der Waals surface area (Å²) in [6.45, 7) is 6.35. The van der Waals surface area contributed by atoms with Crippen LogP contribution in [0.15, 0.2) is 47.4 Å². The Balaban J connectivity index is 1.47. The number of fused-ring (bicyclic) bond motifs is 1. The van der Waals surface area contributed by atoms with Gasteiger partial charge in [-0.25, -0.2) is 0 Å². The molecule has 0 bridgehead atoms. The first kappa shape index (κ1) is 23.9. The molecule has 0 unspecified atom stereocenters. The number of nitrogens with zero attached hydrogens (tertiary/aromatic N) is 2. The van der Waals surface area contributed by atoms with Gasteiger partial charge in [0.05, 0.1) is 12.0 Å². The van der Waals surface area contributed by atoms with Gasteiger partial charge in [0.2, 0.25) is 5.91 Å². The normalized spacial score (nSPS) is 20.5. The fourth-order valence-electron chi connectivity index (χ4n) is 4.49. The number of amides is 3. The molecule has 8 heteroatoms. The summed E-state index contributed by atoms with van der Waals surface area (Å²) in [6, 6.07) is 13.0. The molecule has 2 aromatic rings. The Bertz CT molecular complexity index is 1170. The van der Waals surface area contributed by atoms with Gasteiger partial charge >= 0.3 is 0 Å². The van der Waals surface area contributed by atoms with Crippen molar-refractivity contribution < 1.29 is 19.1 Å². The summed E-state index contributed by atoms with van der Waals surface area (Å²) in [6.07, 6.45) is 2.76. The first-order valence-electron chi connectivity index (χ1n) is 11.2. The molecular weight excluding hydrogens is 450 g/mol. The molecule has 1 N–H and O–H groups in total. The SMILES string of the molecule is COc1ccc(NC(=O)CN2C(=O)S/C(=C\c3ccc4c(c3)[C@H](C)CC(C)(C)N4C)C2=O)cc1. The largest absolute Gasteiger partial charge is 0.497 e. The minimum atomic E-state index is -0.455. The van der Waals surface area contributed by atoms with Crippen molar-refractivity contribution >= 4 is 46.3 Å². The Hall–Kier alpha value is -3.26. The fourth-order valence-corrected chi connectivity index (χ4v) is 5.33. The van der Waals surface area contributed by atoms with Crippen LogP contribution < -0.4 is 15.0 Å². The van der Waals surface area contributed by atoms with Crippen molar-refractivity contribution in [2.24, 2.45) is 0 Å². The number of imide groups is 1. The van der Waals surface area contributed by atoms with Gasteiger partial charge in [0.1, 0.15) is 12.3 Å². The second-order valence-corrected chi connectivity index (χ2v) is 10.3. The van der Waals surface area contributed by atoms with Crippen LogP contribution in [0.3, 0.4) is 0 Å². The Morgan fingerprint density at radius 3 is 2.59 bits per heavy atom. The van der Waals surface area contributed by atoms with E-state index in [2.05, 4.69) is 50.2 Å². The molecule has 1 atom stereocenters. The fraction of sp³-hybridized carbons (Fsp3) is 0.346. The van der Waals surface area contributed by atoms with E-state index in [0.29, 0.717) is 22.3 Å². The molecular formula is C26H29N3O4S. The number of carbonyl (C=O) groups is 3. The first-order chi connectivity index (χ1) is 16.1. The lowest BCUT2D eigenvalue weighted by Gasteiger charge is -2.45. The van der Waals surface area contributed by atoms with Crippen molar-refractivity contribution in [3.63, 3.8) is 0 Å². The van der Waals surface area contributed by atoms with Crippen LogP contribution in [-0.2, 0) is 9.59 Å². The summed E-state index contributed by atoms with van der Waals surface area (Å²) in [5, 5.41) is 2.25. The average molecular weight is 480 g/mol. The Morgan fingerprint density at radius 1 is 1.21 bits per heavy atom. The van der Waals surface area contributed by atoms with Crippen LogP contribution in [0.1, 0.15) is 44.2 Å². The molecule has 2 heterocycles. The minimum absolute atomic E-state index is 0.0724. The van der Waals surface area contributed by atoms with Crippen LogP contribution in [0.4, 0.5) is 16.2 Å². The standard InChI is InChI=1S/C26H29N3O4S/c1-16-14-26(2,3)28(4)21-11-6-17(12-20(16)21)13-22-24(31)29(25(32)34-22)15-23(30)27-18-7-9-19(33-5)10-8-18/h6-13,16H,14-15H2,1-5H3,(H,27,30)/b22-13-/t16-/m1/s1. The molecule has 3 amide bonds. The van der Waals surface area contributed by atoms with E-state index in [1.54, 1.807) is 37.5 Å². The molecule has 2 aromatic carbocycles. The van der Waals surface area contributed by atoms with E-state index in [4.69, 9.17) is 4.74 Å². The molecule has 1 saturated heterocycles. The van der Waals surface area contributed by atoms with E-state index in [-0.39, 0.29) is 12.1 Å². The lowest BCUT2D eigenvalue weighted by molar-refractivity contribution is -0.127. The van der Waals surface area contributed by atoms with Gasteiger partial charge in [0.25, 0.3) is 11.1 Å². The van der Waals surface area contributed by atoms with Gasteiger partial charge in [-0.3, -0.25) is 19.3 Å². The van der Waals surface area contributed by atoms with Crippen LogP contribution in [0, 0.1) is 0 Å². The van der Waals surface area contributed by atoms with Gasteiger partial charge < -0.3 is 15.0 Å². The highest BCUT2D eigenvalue weighted by atomic mass is 32.2. The average Bonchev–Trinajstić information content (AvgIpc) is 3.05. The van der Waals surface area contributed by atoms with E-state index >= 15 is 0 Å². The molecule has 2 aliphatic heterocycles. The highest BCUT2D eigenvalue weighted by Gasteiger charge is 2.37. The predicted molar refractivity (Wildman–Crippen MR) is 136 cm³/mol. The summed E-state index contributed by atoms with van der Waals surface area (Å²) in [5.74, 6) is 0.151. The number of benzene rings is 2. The maximum Gasteiger partial charge on any atom is 0.294 e. The van der Waals surface area contributed by atoms with Crippen LogP contribution in [-0.4, -0.2) is 48.2 Å². The zero-order valence-electron chi connectivity index (χ0n) is 20.0. The Labute approximate surface area is 204 Å². The maximum absolute atomic E-state index is 12.9. The van der Waals surface area contributed by atoms with Crippen molar-refractivity contribution in [1.29, 1.82) is 0 Å². The number of rotatable bonds is 5. The van der Waals surface area contributed by atoms with E-state index in [9.17, 15) is 14.4 Å². The summed E-state index contributed by atoms with van der Waals surface area (Å²) in [7, 11) is 3.66. The summed E-state index contributed by atoms with van der Waals surface area (Å²) in [5.41, 5.74) is 3.91. The van der Waals surface area contributed by atoms with Gasteiger partial charge in [-0.15, -0.1) is 0 Å². The van der Waals surface area contributed by atoms with Crippen molar-refractivity contribution in [3.05, 3.63) is 58.5 Å². The van der Waals surface area contributed by atoms with Gasteiger partial charge in [-0.1, -0.05) is 13.0 Å². The van der Waals surface area contributed by atoms with Gasteiger partial charge in [0.15, 0.2) is 0 Å². The van der Waals surface area contributed by atoms with E-state index in [1.165, 1.54) is 11.3 Å². The van der Waals surface area contributed by atoms with Crippen molar-refractivity contribution in [2.45, 2.75) is 38.6 Å². The van der Waals surface area contributed by atoms with Gasteiger partial charge in [-0.05, 0) is 91.5 Å². The Kier molecular flexibility index (Phi) is 6.45. The molecule has 0 aliphatic carbocycles. The molecule has 4 rings (SSSR count). The predicted octanol–water partition coefficient (Wildman–Crippen LogP) is 5.09. The monoisotopic (exact) mass is 479 g/mol. The zero-order chi connectivity index (χ0) is 24.6. The van der Waals surface area contributed by atoms with Crippen LogP contribution in [0.25, 0.3) is 6.08 Å². The lowest BCUT2D eigenvalue weighted by atomic mass is 9.80. The summed E-state index contributed by atoms with van der Waals surface area (Å²) in [4.78, 5) is 41.4. The number of carbonyl (C=O) groups excluding carboxylic acids is 3. The number of nitrogens with one attached hydrogen (secondary N) is 1. The molecule has 1 fully saturated rings. The van der Waals surface area contributed by atoms with E-state index < -0.39 is 17.1 Å². The third-order valence-electron chi connectivity index (χ3n) is 6.50. The van der Waals surface area contributed by atoms with Crippen LogP contribution in [0.5, 0.6) is 5.75 Å². The summed E-state index contributed by atoms with van der Waals surface area (Å²) >= 11 is 0.860. The van der Waals surface area contributed by atoms with E-state index in [1.807, 2.05) is 6.07 Å². The molecule has 0 aromatic heterocycles. The molecule has 34 heavy (non-hydrogen) atoms. The molecule has 0 saturated carbocycles. The number of hydrogen-bond acceptors (Lipinski definition) is 6. The number of hydrogen-bond donors (Lipinski definition) is 1. The topological polar surface area (TPSA) is 79.0 Å². The van der Waals surface area contributed by atoms with Crippen LogP contribution in [0.2, 0.25) is 0 Å². The quantitative estimate of drug-likeness (QED) is 0.602. The van der Waals surface area contributed by atoms with Gasteiger partial charge in [-0.2, -0.15) is 0 Å². The first-order valence-corrected chi connectivity index (χ1v) is 12.0. The second-order valence-electron chi connectivity index (χ2n) is 9.34. The van der Waals surface area contributed by atoms with Crippen molar-refractivity contribution in [3.8, 4) is 5.75 Å². The lowest BCUT2D eigenvalue weighted by Crippen LogP contribution is -2.45. The van der Waals surface area contributed by atoms with Crippen molar-refractivity contribution in [1.82, 2.24) is 4.90 Å². The van der Waals surface area contributed by atoms with Crippen molar-refractivity contribution in [2.75, 3.05) is 30.9 Å². The molecule has 7 nitrogen and oxygen atoms in total. The minimum Gasteiger partial charge on any atom is -0.497 e. The smallest absolute Gasteiger partial charge is 0.294 e. The highest BCUT2D eigenvalue weighted by molar-refractivity contribution is 8.18. The third-order valence-corrected chi connectivity index (χ3v) is 7.41. The third kappa shape index (κ3) is 4.68. The number of ether oxygens (including phenoxy) is 1. The van der Waals surface area contributed by atoms with E-state index in [0.717, 1.165) is 28.6 Å². The summed E-state index contributed by atoms with van der Waals surface area (Å²) < 4.78 is 5.10. The zero-order valence-corrected chi connectivity index (χ0v) is 20.9. The molecule has 0 spiro atoms. The number of thioether (sulfide) groups is 1. The second kappa shape index (κ2) is 9.18. The maximum atomic E-state index is 12.9. The number of methoxy groups -OCH3 is 1. The molecule has 2 aliphatic rings. The molecule has 0 radical (unpaired) electrons. The van der Waals surface area contributed by atoms with Crippen LogP contribution >= 0.6 is 11.8 Å². The van der Waals surface area contributed by atoms with Gasteiger partial charge in [0, 0.05) is 24.0 Å². The Morgan fingerprint density at radius 2 is 1.91 bits per heavy atom.